The smallest absolute Gasteiger partial charge is 0.223 e. The Labute approximate surface area is 144 Å². The molecule has 0 saturated carbocycles. The molecule has 0 aromatic carbocycles. The molecule has 4 nitrogen and oxygen atoms in total. The topological polar surface area (TPSA) is 26.8 Å². The fraction of sp³-hybridized carbons (Fsp3) is 0.947. The average Bonchev–Trinajstić information content (AvgIpc) is 2.62. The predicted molar refractivity (Wildman–Crippen MR) is 98.7 cm³/mol. The van der Waals surface area contributed by atoms with Gasteiger partial charge in [0.05, 0.1) is 0 Å². The third-order valence-corrected chi connectivity index (χ3v) is 5.58. The van der Waals surface area contributed by atoms with Gasteiger partial charge >= 0.3 is 0 Å². The van der Waals surface area contributed by atoms with Crippen molar-refractivity contribution in [3.05, 3.63) is 0 Å². The molecule has 0 aromatic heterocycles. The van der Waals surface area contributed by atoms with Crippen LogP contribution in [-0.4, -0.2) is 73.5 Å². The van der Waals surface area contributed by atoms with Crippen molar-refractivity contribution in [3.63, 3.8) is 0 Å². The van der Waals surface area contributed by atoms with Gasteiger partial charge in [-0.25, -0.2) is 0 Å². The molecule has 2 aliphatic heterocycles. The molecule has 0 aromatic rings. The van der Waals surface area contributed by atoms with Crippen LogP contribution in [0.4, 0.5) is 0 Å². The number of likely N-dealkylation sites (N-methyl/N-ethyl adjacent to an activating group) is 1. The first-order chi connectivity index (χ1) is 11.1. The highest BCUT2D eigenvalue weighted by Gasteiger charge is 2.25. The first-order valence-corrected chi connectivity index (χ1v) is 9.78. The predicted octanol–water partition coefficient (Wildman–Crippen LogP) is 2.93. The van der Waals surface area contributed by atoms with E-state index in [1.165, 1.54) is 19.3 Å². The molecule has 2 fully saturated rings. The van der Waals surface area contributed by atoms with Gasteiger partial charge in [-0.2, -0.15) is 0 Å². The lowest BCUT2D eigenvalue weighted by molar-refractivity contribution is -0.133. The molecule has 4 heteroatoms. The molecule has 2 rings (SSSR count). The summed E-state index contributed by atoms with van der Waals surface area (Å²) in [6, 6.07) is 0. The number of carbonyl (C=O) groups excluding carboxylic acids is 1. The van der Waals surface area contributed by atoms with E-state index in [1.54, 1.807) is 0 Å². The molecule has 0 radical (unpaired) electrons. The van der Waals surface area contributed by atoms with Crippen LogP contribution in [0.15, 0.2) is 0 Å². The Bertz CT molecular complexity index is 319. The number of carbonyl (C=O) groups is 1. The van der Waals surface area contributed by atoms with E-state index in [0.29, 0.717) is 12.3 Å². The summed E-state index contributed by atoms with van der Waals surface area (Å²) >= 11 is 0. The Morgan fingerprint density at radius 2 is 1.61 bits per heavy atom. The van der Waals surface area contributed by atoms with Crippen molar-refractivity contribution in [3.8, 4) is 0 Å². The Kier molecular flexibility index (Phi) is 9.80. The zero-order valence-corrected chi connectivity index (χ0v) is 16.2. The summed E-state index contributed by atoms with van der Waals surface area (Å²) in [4.78, 5) is 19.2. The maximum atomic E-state index is 12.3. The Hall–Kier alpha value is -0.610. The standard InChI is InChI=1S/C17H33N3O.C2H6/c1-4-15(2)16-5-9-20(10-6-16)17(21)7-8-19-13-11-18(3)12-14-19;1-2/h15-16H,4-14H2,1-3H3;1-2H3. The van der Waals surface area contributed by atoms with Crippen LogP contribution >= 0.6 is 0 Å². The minimum atomic E-state index is 0.372. The molecule has 0 bridgehead atoms. The summed E-state index contributed by atoms with van der Waals surface area (Å²) in [6.07, 6.45) is 4.38. The van der Waals surface area contributed by atoms with Gasteiger partial charge in [-0.05, 0) is 31.7 Å². The molecule has 2 heterocycles. The van der Waals surface area contributed by atoms with Gasteiger partial charge in [-0.1, -0.05) is 34.1 Å². The maximum Gasteiger partial charge on any atom is 0.223 e. The molecule has 1 amide bonds. The molecular formula is C19H39N3O. The lowest BCUT2D eigenvalue weighted by Gasteiger charge is -2.36. The molecular weight excluding hydrogens is 286 g/mol. The first-order valence-electron chi connectivity index (χ1n) is 9.78. The summed E-state index contributed by atoms with van der Waals surface area (Å²) in [5.74, 6) is 2.01. The monoisotopic (exact) mass is 325 g/mol. The second-order valence-corrected chi connectivity index (χ2v) is 7.00. The molecule has 2 saturated heterocycles. The summed E-state index contributed by atoms with van der Waals surface area (Å²) in [5.41, 5.74) is 0. The summed E-state index contributed by atoms with van der Waals surface area (Å²) in [7, 11) is 2.17. The average molecular weight is 326 g/mol. The van der Waals surface area contributed by atoms with E-state index >= 15 is 0 Å². The largest absolute Gasteiger partial charge is 0.343 e. The normalized spacial score (nSPS) is 22.4. The molecule has 136 valence electrons. The quantitative estimate of drug-likeness (QED) is 0.777. The van der Waals surface area contributed by atoms with Crippen molar-refractivity contribution in [2.75, 3.05) is 52.9 Å². The van der Waals surface area contributed by atoms with Gasteiger partial charge < -0.3 is 14.7 Å². The number of amides is 1. The molecule has 0 aliphatic carbocycles. The highest BCUT2D eigenvalue weighted by Crippen LogP contribution is 2.27. The van der Waals surface area contributed by atoms with E-state index in [0.717, 1.165) is 57.6 Å². The van der Waals surface area contributed by atoms with E-state index in [2.05, 4.69) is 35.6 Å². The third kappa shape index (κ3) is 6.80. The van der Waals surface area contributed by atoms with E-state index in [1.807, 2.05) is 13.8 Å². The van der Waals surface area contributed by atoms with Crippen LogP contribution in [0.5, 0.6) is 0 Å². The SMILES string of the molecule is CC.CCC(C)C1CCN(C(=O)CCN2CCN(C)CC2)CC1. The fourth-order valence-electron chi connectivity index (χ4n) is 3.53. The van der Waals surface area contributed by atoms with Crippen molar-refractivity contribution >= 4 is 5.91 Å². The number of piperidine rings is 1. The van der Waals surface area contributed by atoms with Crippen LogP contribution in [0.2, 0.25) is 0 Å². The number of rotatable bonds is 5. The minimum Gasteiger partial charge on any atom is -0.343 e. The Morgan fingerprint density at radius 3 is 2.13 bits per heavy atom. The van der Waals surface area contributed by atoms with Crippen molar-refractivity contribution in [1.82, 2.24) is 14.7 Å². The van der Waals surface area contributed by atoms with E-state index in [4.69, 9.17) is 0 Å². The zero-order chi connectivity index (χ0) is 17.2. The molecule has 0 N–H and O–H groups in total. The number of piperazine rings is 1. The van der Waals surface area contributed by atoms with Gasteiger partial charge in [0, 0.05) is 52.2 Å². The Balaban J connectivity index is 0.00000127. The van der Waals surface area contributed by atoms with Crippen molar-refractivity contribution in [1.29, 1.82) is 0 Å². The second kappa shape index (κ2) is 11.0. The second-order valence-electron chi connectivity index (χ2n) is 7.00. The molecule has 1 atom stereocenters. The number of likely N-dealkylation sites (tertiary alicyclic amines) is 1. The van der Waals surface area contributed by atoms with Crippen LogP contribution in [0.1, 0.15) is 53.4 Å². The highest BCUT2D eigenvalue weighted by atomic mass is 16.2. The third-order valence-electron chi connectivity index (χ3n) is 5.58. The van der Waals surface area contributed by atoms with Gasteiger partial charge in [0.1, 0.15) is 0 Å². The van der Waals surface area contributed by atoms with Crippen LogP contribution in [0.25, 0.3) is 0 Å². The summed E-state index contributed by atoms with van der Waals surface area (Å²) in [6.45, 7) is 16.0. The van der Waals surface area contributed by atoms with Crippen molar-refractivity contribution < 1.29 is 4.79 Å². The lowest BCUT2D eigenvalue weighted by atomic mass is 9.84. The lowest BCUT2D eigenvalue weighted by Crippen LogP contribution is -2.46. The van der Waals surface area contributed by atoms with Gasteiger partial charge in [-0.15, -0.1) is 0 Å². The highest BCUT2D eigenvalue weighted by molar-refractivity contribution is 5.76. The van der Waals surface area contributed by atoms with Gasteiger partial charge in [0.2, 0.25) is 5.91 Å². The number of nitrogens with zero attached hydrogens (tertiary/aromatic N) is 3. The molecule has 1 unspecified atom stereocenters. The Morgan fingerprint density at radius 1 is 1.04 bits per heavy atom. The van der Waals surface area contributed by atoms with Gasteiger partial charge in [-0.3, -0.25) is 4.79 Å². The van der Waals surface area contributed by atoms with E-state index in [9.17, 15) is 4.79 Å². The molecule has 0 spiro atoms. The number of hydrogen-bond donors (Lipinski definition) is 0. The fourth-order valence-corrected chi connectivity index (χ4v) is 3.53. The van der Waals surface area contributed by atoms with Crippen LogP contribution in [0, 0.1) is 11.8 Å². The van der Waals surface area contributed by atoms with Crippen LogP contribution in [0.3, 0.4) is 0 Å². The first kappa shape index (κ1) is 20.4. The zero-order valence-electron chi connectivity index (χ0n) is 16.2. The van der Waals surface area contributed by atoms with Crippen molar-refractivity contribution in [2.45, 2.75) is 53.4 Å². The van der Waals surface area contributed by atoms with Crippen molar-refractivity contribution in [2.24, 2.45) is 11.8 Å². The summed E-state index contributed by atoms with van der Waals surface area (Å²) < 4.78 is 0. The van der Waals surface area contributed by atoms with Crippen LogP contribution < -0.4 is 0 Å². The summed E-state index contributed by atoms with van der Waals surface area (Å²) in [5, 5.41) is 0. The molecule has 23 heavy (non-hydrogen) atoms. The minimum absolute atomic E-state index is 0.372. The molecule has 2 aliphatic rings. The van der Waals surface area contributed by atoms with Crippen LogP contribution in [-0.2, 0) is 4.79 Å². The maximum absolute atomic E-state index is 12.3. The van der Waals surface area contributed by atoms with Gasteiger partial charge in [0.15, 0.2) is 0 Å². The van der Waals surface area contributed by atoms with E-state index < -0.39 is 0 Å². The number of hydrogen-bond acceptors (Lipinski definition) is 3. The van der Waals surface area contributed by atoms with E-state index in [-0.39, 0.29) is 0 Å². The van der Waals surface area contributed by atoms with Gasteiger partial charge in [0.25, 0.3) is 0 Å².